The van der Waals surface area contributed by atoms with Crippen molar-refractivity contribution in [3.05, 3.63) is 0 Å². The normalized spacial score (nSPS) is 13.3. The van der Waals surface area contributed by atoms with E-state index < -0.39 is 10.0 Å². The summed E-state index contributed by atoms with van der Waals surface area (Å²) in [5, 5.41) is -0.318. The first-order valence-electron chi connectivity index (χ1n) is 4.23. The van der Waals surface area contributed by atoms with Crippen LogP contribution < -0.4 is 0 Å². The molecule has 0 radical (unpaired) electrons. The van der Waals surface area contributed by atoms with Crippen LogP contribution in [0.3, 0.4) is 0 Å². The van der Waals surface area contributed by atoms with Crippen LogP contribution in [0.15, 0.2) is 0 Å². The zero-order chi connectivity index (χ0) is 9.94. The molecule has 0 saturated carbocycles. The molecule has 0 aromatic heterocycles. The first-order valence-corrected chi connectivity index (χ1v) is 5.74. The van der Waals surface area contributed by atoms with Crippen molar-refractivity contribution in [2.24, 2.45) is 5.92 Å². The van der Waals surface area contributed by atoms with Gasteiger partial charge in [0.1, 0.15) is 0 Å². The van der Waals surface area contributed by atoms with Gasteiger partial charge in [-0.05, 0) is 19.8 Å². The minimum atomic E-state index is -3.04. The summed E-state index contributed by atoms with van der Waals surface area (Å²) in [4.78, 5) is 0. The van der Waals surface area contributed by atoms with Crippen LogP contribution in [0.2, 0.25) is 0 Å². The largest absolute Gasteiger partial charge is 0.216 e. The van der Waals surface area contributed by atoms with Crippen LogP contribution >= 0.6 is 0 Å². The summed E-state index contributed by atoms with van der Waals surface area (Å²) >= 11 is 0. The molecule has 0 aromatic rings. The van der Waals surface area contributed by atoms with E-state index in [-0.39, 0.29) is 5.25 Å². The van der Waals surface area contributed by atoms with Crippen molar-refractivity contribution in [3.63, 3.8) is 0 Å². The fraction of sp³-hybridized carbons (Fsp3) is 1.00. The Labute approximate surface area is 75.8 Å². The van der Waals surface area contributed by atoms with E-state index in [1.165, 1.54) is 4.31 Å². The van der Waals surface area contributed by atoms with Crippen molar-refractivity contribution in [3.8, 4) is 0 Å². The minimum Gasteiger partial charge on any atom is -0.212 e. The summed E-state index contributed by atoms with van der Waals surface area (Å²) in [5.74, 6) is 0.378. The van der Waals surface area contributed by atoms with Crippen molar-refractivity contribution in [1.82, 2.24) is 4.31 Å². The Morgan fingerprint density at radius 2 is 1.58 bits per heavy atom. The highest BCUT2D eigenvalue weighted by atomic mass is 32.2. The minimum absolute atomic E-state index is 0.318. The molecule has 0 amide bonds. The second-order valence-corrected chi connectivity index (χ2v) is 6.36. The average Bonchev–Trinajstić information content (AvgIpc) is 1.85. The molecule has 0 aliphatic rings. The van der Waals surface area contributed by atoms with Gasteiger partial charge in [-0.3, -0.25) is 0 Å². The van der Waals surface area contributed by atoms with E-state index in [0.29, 0.717) is 12.5 Å². The molecule has 0 heterocycles. The Morgan fingerprint density at radius 3 is 1.83 bits per heavy atom. The van der Waals surface area contributed by atoms with Gasteiger partial charge in [-0.25, -0.2) is 12.7 Å². The third kappa shape index (κ3) is 3.11. The Kier molecular flexibility index (Phi) is 4.20. The van der Waals surface area contributed by atoms with Crippen molar-refractivity contribution in [1.29, 1.82) is 0 Å². The Morgan fingerprint density at radius 1 is 1.17 bits per heavy atom. The van der Waals surface area contributed by atoms with Gasteiger partial charge in [0.15, 0.2) is 0 Å². The maximum atomic E-state index is 11.5. The van der Waals surface area contributed by atoms with Gasteiger partial charge in [0.25, 0.3) is 0 Å². The van der Waals surface area contributed by atoms with Crippen LogP contribution in [-0.2, 0) is 10.0 Å². The predicted octanol–water partition coefficient (Wildman–Crippen LogP) is 1.31. The molecule has 12 heavy (non-hydrogen) atoms. The summed E-state index contributed by atoms with van der Waals surface area (Å²) in [7, 11) is -1.40. The molecule has 0 N–H and O–H groups in total. The van der Waals surface area contributed by atoms with E-state index in [1.807, 2.05) is 13.8 Å². The fourth-order valence-electron chi connectivity index (χ4n) is 0.978. The summed E-state index contributed by atoms with van der Waals surface area (Å²) in [5.41, 5.74) is 0. The standard InChI is InChI=1S/C8H19NO2S/c1-7(2)6-9(5)12(10,11)8(3)4/h7-8H,6H2,1-5H3. The Balaban J connectivity index is 4.38. The predicted molar refractivity (Wildman–Crippen MR) is 51.5 cm³/mol. The lowest BCUT2D eigenvalue weighted by Crippen LogP contribution is -2.35. The van der Waals surface area contributed by atoms with E-state index in [0.717, 1.165) is 0 Å². The van der Waals surface area contributed by atoms with Crippen LogP contribution in [0.4, 0.5) is 0 Å². The highest BCUT2D eigenvalue weighted by Gasteiger charge is 2.22. The van der Waals surface area contributed by atoms with Crippen molar-refractivity contribution >= 4 is 10.0 Å². The lowest BCUT2D eigenvalue weighted by Gasteiger charge is -2.21. The van der Waals surface area contributed by atoms with E-state index in [2.05, 4.69) is 0 Å². The summed E-state index contributed by atoms with van der Waals surface area (Å²) in [6.07, 6.45) is 0. The van der Waals surface area contributed by atoms with Crippen LogP contribution in [0.5, 0.6) is 0 Å². The lowest BCUT2D eigenvalue weighted by molar-refractivity contribution is 0.413. The maximum Gasteiger partial charge on any atom is 0.216 e. The quantitative estimate of drug-likeness (QED) is 0.675. The molecule has 0 bridgehead atoms. The van der Waals surface area contributed by atoms with Gasteiger partial charge in [-0.2, -0.15) is 0 Å². The molecule has 0 aliphatic carbocycles. The van der Waals surface area contributed by atoms with E-state index in [4.69, 9.17) is 0 Å². The summed E-state index contributed by atoms with van der Waals surface area (Å²) in [6, 6.07) is 0. The first kappa shape index (κ1) is 11.9. The molecule has 0 unspecified atom stereocenters. The molecule has 4 heteroatoms. The molecule has 0 saturated heterocycles. The van der Waals surface area contributed by atoms with Crippen molar-refractivity contribution in [2.45, 2.75) is 32.9 Å². The zero-order valence-corrected chi connectivity index (χ0v) is 9.35. The molecule has 0 aromatic carbocycles. The molecule has 0 rings (SSSR count). The number of hydrogen-bond acceptors (Lipinski definition) is 2. The lowest BCUT2D eigenvalue weighted by atomic mass is 10.2. The van der Waals surface area contributed by atoms with Gasteiger partial charge in [0.2, 0.25) is 10.0 Å². The molecule has 0 fully saturated rings. The second-order valence-electron chi connectivity index (χ2n) is 3.77. The first-order chi connectivity index (χ1) is 5.28. The van der Waals surface area contributed by atoms with Crippen LogP contribution in [0, 0.1) is 5.92 Å². The monoisotopic (exact) mass is 193 g/mol. The van der Waals surface area contributed by atoms with E-state index >= 15 is 0 Å². The molecule has 0 spiro atoms. The second kappa shape index (κ2) is 4.23. The van der Waals surface area contributed by atoms with Crippen LogP contribution in [0.1, 0.15) is 27.7 Å². The van der Waals surface area contributed by atoms with Gasteiger partial charge in [-0.1, -0.05) is 13.8 Å². The average molecular weight is 193 g/mol. The summed E-state index contributed by atoms with van der Waals surface area (Å²) in [6.45, 7) is 8.01. The third-order valence-corrected chi connectivity index (χ3v) is 3.86. The highest BCUT2D eigenvalue weighted by molar-refractivity contribution is 7.89. The smallest absolute Gasteiger partial charge is 0.212 e. The highest BCUT2D eigenvalue weighted by Crippen LogP contribution is 2.08. The van der Waals surface area contributed by atoms with Gasteiger partial charge < -0.3 is 0 Å². The number of hydrogen-bond donors (Lipinski definition) is 0. The van der Waals surface area contributed by atoms with Gasteiger partial charge in [-0.15, -0.1) is 0 Å². The molecule has 0 aliphatic heterocycles. The van der Waals surface area contributed by atoms with E-state index in [1.54, 1.807) is 20.9 Å². The number of sulfonamides is 1. The zero-order valence-electron chi connectivity index (χ0n) is 8.53. The van der Waals surface area contributed by atoms with Crippen molar-refractivity contribution < 1.29 is 8.42 Å². The molecular formula is C8H19NO2S. The van der Waals surface area contributed by atoms with Crippen molar-refractivity contribution in [2.75, 3.05) is 13.6 Å². The molecule has 74 valence electrons. The summed E-state index contributed by atoms with van der Waals surface area (Å²) < 4.78 is 24.4. The topological polar surface area (TPSA) is 37.4 Å². The Hall–Kier alpha value is -0.0900. The number of rotatable bonds is 4. The van der Waals surface area contributed by atoms with Crippen LogP contribution in [0.25, 0.3) is 0 Å². The maximum absolute atomic E-state index is 11.5. The fourth-order valence-corrected chi connectivity index (χ4v) is 2.20. The molecule has 0 atom stereocenters. The number of nitrogens with zero attached hydrogens (tertiary/aromatic N) is 1. The SMILES string of the molecule is CC(C)CN(C)S(=O)(=O)C(C)C. The van der Waals surface area contributed by atoms with Gasteiger partial charge in [0.05, 0.1) is 5.25 Å². The third-order valence-electron chi connectivity index (χ3n) is 1.65. The molecule has 3 nitrogen and oxygen atoms in total. The van der Waals surface area contributed by atoms with Gasteiger partial charge >= 0.3 is 0 Å². The Bertz CT molecular complexity index is 219. The van der Waals surface area contributed by atoms with Crippen LogP contribution in [-0.4, -0.2) is 31.6 Å². The van der Waals surface area contributed by atoms with E-state index in [9.17, 15) is 8.42 Å². The molecular weight excluding hydrogens is 174 g/mol. The van der Waals surface area contributed by atoms with Gasteiger partial charge in [0, 0.05) is 13.6 Å².